The van der Waals surface area contributed by atoms with Crippen LogP contribution in [0.3, 0.4) is 0 Å². The zero-order valence-corrected chi connectivity index (χ0v) is 11.6. The van der Waals surface area contributed by atoms with E-state index in [2.05, 4.69) is 14.6 Å². The van der Waals surface area contributed by atoms with E-state index in [0.29, 0.717) is 6.54 Å². The summed E-state index contributed by atoms with van der Waals surface area (Å²) >= 11 is 0. The van der Waals surface area contributed by atoms with Crippen molar-refractivity contribution in [3.05, 3.63) is 28.7 Å². The zero-order valence-electron chi connectivity index (χ0n) is 10.8. The Balaban J connectivity index is 1.80. The van der Waals surface area contributed by atoms with Crippen molar-refractivity contribution in [1.82, 2.24) is 14.6 Å². The molecule has 1 aromatic rings. The maximum atomic E-state index is 11.9. The van der Waals surface area contributed by atoms with Crippen LogP contribution < -0.4 is 10.3 Å². The molecule has 1 aliphatic heterocycles. The van der Waals surface area contributed by atoms with Crippen molar-refractivity contribution in [3.63, 3.8) is 0 Å². The van der Waals surface area contributed by atoms with Crippen LogP contribution in [0.5, 0.6) is 0 Å². The molecular formula is C12H19N3O3S. The van der Waals surface area contributed by atoms with Gasteiger partial charge in [-0.15, -0.1) is 0 Å². The smallest absolute Gasteiger partial charge is 0.247 e. The van der Waals surface area contributed by atoms with Gasteiger partial charge in [0.1, 0.15) is 0 Å². The molecule has 2 heterocycles. The van der Waals surface area contributed by atoms with Crippen molar-refractivity contribution in [2.24, 2.45) is 0 Å². The summed E-state index contributed by atoms with van der Waals surface area (Å²) in [6.45, 7) is 3.57. The number of aromatic nitrogens is 1. The number of rotatable bonds is 6. The molecule has 0 bridgehead atoms. The average Bonchev–Trinajstić information content (AvgIpc) is 2.88. The number of H-pyrrole nitrogens is 1. The largest absolute Gasteiger partial charge is 0.328 e. The van der Waals surface area contributed by atoms with Crippen LogP contribution in [0.15, 0.2) is 28.0 Å². The highest BCUT2D eigenvalue weighted by Gasteiger charge is 2.14. The molecule has 0 unspecified atom stereocenters. The Morgan fingerprint density at radius 1 is 1.26 bits per heavy atom. The summed E-state index contributed by atoms with van der Waals surface area (Å²) in [5.74, 6) is 0. The van der Waals surface area contributed by atoms with E-state index in [1.165, 1.54) is 31.2 Å². The van der Waals surface area contributed by atoms with Crippen LogP contribution in [0.2, 0.25) is 0 Å². The summed E-state index contributed by atoms with van der Waals surface area (Å²) in [6.07, 6.45) is 4.49. The molecule has 7 heteroatoms. The van der Waals surface area contributed by atoms with E-state index in [1.54, 1.807) is 0 Å². The number of pyridine rings is 1. The first-order chi connectivity index (χ1) is 9.08. The second-order valence-corrected chi connectivity index (χ2v) is 6.46. The van der Waals surface area contributed by atoms with E-state index in [1.807, 2.05) is 0 Å². The van der Waals surface area contributed by atoms with Crippen LogP contribution in [-0.2, 0) is 10.0 Å². The van der Waals surface area contributed by atoms with Gasteiger partial charge in [0.25, 0.3) is 0 Å². The topological polar surface area (TPSA) is 82.3 Å². The maximum absolute atomic E-state index is 11.9. The van der Waals surface area contributed by atoms with Gasteiger partial charge in [-0.05, 0) is 45.0 Å². The van der Waals surface area contributed by atoms with Gasteiger partial charge in [0.15, 0.2) is 0 Å². The number of nitrogens with zero attached hydrogens (tertiary/aromatic N) is 1. The van der Waals surface area contributed by atoms with E-state index in [9.17, 15) is 13.2 Å². The van der Waals surface area contributed by atoms with Crippen molar-refractivity contribution in [1.29, 1.82) is 0 Å². The summed E-state index contributed by atoms with van der Waals surface area (Å²) in [5, 5.41) is 0. The first kappa shape index (κ1) is 14.2. The average molecular weight is 285 g/mol. The second-order valence-electron chi connectivity index (χ2n) is 4.69. The normalized spacial score (nSPS) is 16.8. The van der Waals surface area contributed by atoms with Gasteiger partial charge < -0.3 is 9.88 Å². The molecule has 2 N–H and O–H groups in total. The molecule has 1 aromatic heterocycles. The molecule has 0 aromatic carbocycles. The van der Waals surface area contributed by atoms with Gasteiger partial charge in [-0.25, -0.2) is 13.1 Å². The van der Waals surface area contributed by atoms with Crippen molar-refractivity contribution in [2.45, 2.75) is 24.2 Å². The van der Waals surface area contributed by atoms with Crippen LogP contribution in [0.1, 0.15) is 19.3 Å². The minimum atomic E-state index is -3.51. The quantitative estimate of drug-likeness (QED) is 0.728. The number of sulfonamides is 1. The molecular weight excluding hydrogens is 266 g/mol. The fourth-order valence-electron chi connectivity index (χ4n) is 2.16. The molecule has 2 rings (SSSR count). The molecule has 0 amide bonds. The maximum Gasteiger partial charge on any atom is 0.247 e. The summed E-state index contributed by atoms with van der Waals surface area (Å²) < 4.78 is 26.3. The molecule has 0 radical (unpaired) electrons. The van der Waals surface area contributed by atoms with E-state index in [0.717, 1.165) is 26.1 Å². The molecule has 19 heavy (non-hydrogen) atoms. The van der Waals surface area contributed by atoms with Crippen LogP contribution in [0.25, 0.3) is 0 Å². The van der Waals surface area contributed by atoms with Gasteiger partial charge in [-0.2, -0.15) is 0 Å². The molecule has 0 saturated carbocycles. The van der Waals surface area contributed by atoms with Crippen LogP contribution in [-0.4, -0.2) is 44.5 Å². The fraction of sp³-hybridized carbons (Fsp3) is 0.583. The molecule has 1 saturated heterocycles. The standard InChI is InChI=1S/C12H19N3O3S/c16-12-5-4-11(10-13-12)19(17,18)14-6-3-9-15-7-1-2-8-15/h4-5,10,14H,1-3,6-9H2,(H,13,16). The summed E-state index contributed by atoms with van der Waals surface area (Å²) in [7, 11) is -3.51. The van der Waals surface area contributed by atoms with E-state index < -0.39 is 10.0 Å². The fourth-order valence-corrected chi connectivity index (χ4v) is 3.20. The molecule has 1 fully saturated rings. The molecule has 0 spiro atoms. The second kappa shape index (κ2) is 6.31. The van der Waals surface area contributed by atoms with E-state index in [-0.39, 0.29) is 10.5 Å². The van der Waals surface area contributed by atoms with Gasteiger partial charge in [-0.3, -0.25) is 4.79 Å². The number of aromatic amines is 1. The third kappa shape index (κ3) is 4.15. The third-order valence-electron chi connectivity index (χ3n) is 3.21. The molecule has 0 atom stereocenters. The van der Waals surface area contributed by atoms with E-state index in [4.69, 9.17) is 0 Å². The van der Waals surface area contributed by atoms with Crippen molar-refractivity contribution < 1.29 is 8.42 Å². The zero-order chi connectivity index (χ0) is 13.7. The minimum Gasteiger partial charge on any atom is -0.328 e. The Morgan fingerprint density at radius 2 is 2.00 bits per heavy atom. The van der Waals surface area contributed by atoms with Crippen molar-refractivity contribution in [2.75, 3.05) is 26.2 Å². The summed E-state index contributed by atoms with van der Waals surface area (Å²) in [6, 6.07) is 2.51. The number of hydrogen-bond acceptors (Lipinski definition) is 4. The van der Waals surface area contributed by atoms with Gasteiger partial charge >= 0.3 is 0 Å². The Morgan fingerprint density at radius 3 is 2.63 bits per heavy atom. The summed E-state index contributed by atoms with van der Waals surface area (Å²) in [5.41, 5.74) is -0.312. The first-order valence-corrected chi connectivity index (χ1v) is 7.97. The Labute approximate surface area is 112 Å². The molecule has 6 nitrogen and oxygen atoms in total. The summed E-state index contributed by atoms with van der Waals surface area (Å²) in [4.78, 5) is 15.7. The molecule has 0 aliphatic carbocycles. The Hall–Kier alpha value is -1.18. The van der Waals surface area contributed by atoms with Crippen molar-refractivity contribution >= 4 is 10.0 Å². The highest BCUT2D eigenvalue weighted by atomic mass is 32.2. The van der Waals surface area contributed by atoms with Crippen molar-refractivity contribution in [3.8, 4) is 0 Å². The van der Waals surface area contributed by atoms with Gasteiger partial charge in [0.2, 0.25) is 15.6 Å². The Kier molecular flexibility index (Phi) is 4.73. The molecule has 106 valence electrons. The highest BCUT2D eigenvalue weighted by molar-refractivity contribution is 7.89. The number of hydrogen-bond donors (Lipinski definition) is 2. The van der Waals surface area contributed by atoms with Crippen LogP contribution in [0, 0.1) is 0 Å². The van der Waals surface area contributed by atoms with Gasteiger partial charge in [0.05, 0.1) is 4.90 Å². The highest BCUT2D eigenvalue weighted by Crippen LogP contribution is 2.08. The van der Waals surface area contributed by atoms with Crippen LogP contribution >= 0.6 is 0 Å². The van der Waals surface area contributed by atoms with E-state index >= 15 is 0 Å². The van der Waals surface area contributed by atoms with Gasteiger partial charge in [0, 0.05) is 18.8 Å². The lowest BCUT2D eigenvalue weighted by molar-refractivity contribution is 0.334. The Bertz CT molecular complexity index is 541. The SMILES string of the molecule is O=c1ccc(S(=O)(=O)NCCCN2CCCC2)c[nH]1. The lowest BCUT2D eigenvalue weighted by Crippen LogP contribution is -2.29. The van der Waals surface area contributed by atoms with Gasteiger partial charge in [-0.1, -0.05) is 0 Å². The monoisotopic (exact) mass is 285 g/mol. The van der Waals surface area contributed by atoms with Crippen LogP contribution in [0.4, 0.5) is 0 Å². The number of likely N-dealkylation sites (tertiary alicyclic amines) is 1. The predicted octanol–water partition coefficient (Wildman–Crippen LogP) is 0.139. The lowest BCUT2D eigenvalue weighted by Gasteiger charge is -2.14. The predicted molar refractivity (Wildman–Crippen MR) is 72.5 cm³/mol. The lowest BCUT2D eigenvalue weighted by atomic mass is 10.4. The molecule has 1 aliphatic rings. The number of nitrogens with one attached hydrogen (secondary N) is 2. The first-order valence-electron chi connectivity index (χ1n) is 6.49. The minimum absolute atomic E-state index is 0.0910. The third-order valence-corrected chi connectivity index (χ3v) is 4.67.